The molecule has 0 atom stereocenters. The Balaban J connectivity index is 2.97. The predicted molar refractivity (Wildman–Crippen MR) is 118 cm³/mol. The highest BCUT2D eigenvalue weighted by atomic mass is 16.6. The van der Waals surface area contributed by atoms with Crippen molar-refractivity contribution in [3.63, 3.8) is 0 Å². The van der Waals surface area contributed by atoms with E-state index < -0.39 is 0 Å². The Hall–Kier alpha value is -0.600. The maximum absolute atomic E-state index is 5.60. The highest BCUT2D eigenvalue weighted by molar-refractivity contribution is 4.82. The van der Waals surface area contributed by atoms with E-state index in [1.165, 1.54) is 77.0 Å². The maximum Gasteiger partial charge on any atom is 0.107 e. The van der Waals surface area contributed by atoms with Crippen LogP contribution >= 0.6 is 0 Å². The summed E-state index contributed by atoms with van der Waals surface area (Å²) in [6.45, 7) is 7.05. The summed E-state index contributed by atoms with van der Waals surface area (Å²) in [5.41, 5.74) is 0. The zero-order valence-electron chi connectivity index (χ0n) is 18.6. The third-order valence-electron chi connectivity index (χ3n) is 4.69. The second-order valence-corrected chi connectivity index (χ2v) is 7.34. The molecule has 0 spiro atoms. The van der Waals surface area contributed by atoms with Gasteiger partial charge in [-0.3, -0.25) is 0 Å². The molecule has 0 N–H and O–H groups in total. The number of terminal acetylenes is 1. The lowest BCUT2D eigenvalue weighted by Gasteiger charge is -2.07. The van der Waals surface area contributed by atoms with E-state index >= 15 is 0 Å². The van der Waals surface area contributed by atoms with Gasteiger partial charge in [-0.2, -0.15) is 0 Å². The number of hydrogen-bond acceptors (Lipinski definition) is 4. The zero-order valence-corrected chi connectivity index (χ0v) is 18.6. The number of hydrogen-bond donors (Lipinski definition) is 0. The quantitative estimate of drug-likeness (QED) is 0.153. The number of unbranched alkanes of at least 4 members (excludes halogenated alkanes) is 12. The molecule has 0 aromatic carbocycles. The first-order valence-corrected chi connectivity index (χ1v) is 11.7. The Kier molecular flexibility index (Phi) is 25.8. The molecule has 0 saturated carbocycles. The first kappa shape index (κ1) is 27.4. The van der Waals surface area contributed by atoms with Crippen molar-refractivity contribution in [1.29, 1.82) is 0 Å². The first-order valence-electron chi connectivity index (χ1n) is 11.7. The fourth-order valence-electron chi connectivity index (χ4n) is 3.01. The van der Waals surface area contributed by atoms with Crippen LogP contribution in [0.1, 0.15) is 90.4 Å². The molecule has 0 unspecified atom stereocenters. The Morgan fingerprint density at radius 1 is 0.464 bits per heavy atom. The Morgan fingerprint density at radius 3 is 1.25 bits per heavy atom. The van der Waals surface area contributed by atoms with Crippen LogP contribution < -0.4 is 0 Å². The van der Waals surface area contributed by atoms with Crippen LogP contribution in [0.25, 0.3) is 0 Å². The van der Waals surface area contributed by atoms with Gasteiger partial charge < -0.3 is 18.9 Å². The number of rotatable bonds is 24. The third-order valence-corrected chi connectivity index (χ3v) is 4.69. The van der Waals surface area contributed by atoms with Gasteiger partial charge in [-0.15, -0.1) is 6.42 Å². The molecule has 0 aromatic heterocycles. The van der Waals surface area contributed by atoms with E-state index in [-0.39, 0.29) is 0 Å². The molecular weight excluding hydrogens is 352 g/mol. The minimum atomic E-state index is 0.344. The standard InChI is InChI=1S/C24H46O4/c1-3-5-6-7-8-9-10-11-12-13-14-15-16-18-26-20-22-28-24-23-27-21-19-25-17-4-2/h2H,3,5-24H2,1H3. The van der Waals surface area contributed by atoms with E-state index in [0.717, 1.165) is 13.0 Å². The summed E-state index contributed by atoms with van der Waals surface area (Å²) in [6, 6.07) is 0. The van der Waals surface area contributed by atoms with Gasteiger partial charge in [-0.1, -0.05) is 89.9 Å². The van der Waals surface area contributed by atoms with Crippen molar-refractivity contribution < 1.29 is 18.9 Å². The molecule has 0 aromatic rings. The lowest BCUT2D eigenvalue weighted by molar-refractivity contribution is 0.000914. The normalized spacial score (nSPS) is 11.0. The molecule has 0 aliphatic heterocycles. The van der Waals surface area contributed by atoms with Crippen molar-refractivity contribution in [1.82, 2.24) is 0 Å². The van der Waals surface area contributed by atoms with Gasteiger partial charge in [-0.05, 0) is 6.42 Å². The first-order chi connectivity index (χ1) is 13.9. The molecule has 166 valence electrons. The van der Waals surface area contributed by atoms with Crippen LogP contribution in [0.4, 0.5) is 0 Å². The Labute approximate surface area is 175 Å². The van der Waals surface area contributed by atoms with E-state index in [4.69, 9.17) is 25.4 Å². The summed E-state index contributed by atoms with van der Waals surface area (Å²) >= 11 is 0. The fraction of sp³-hybridized carbons (Fsp3) is 0.917. The van der Waals surface area contributed by atoms with Gasteiger partial charge in [0.1, 0.15) is 6.61 Å². The molecule has 28 heavy (non-hydrogen) atoms. The van der Waals surface area contributed by atoms with Gasteiger partial charge in [-0.25, -0.2) is 0 Å². The molecule has 0 aliphatic rings. The van der Waals surface area contributed by atoms with Crippen molar-refractivity contribution in [2.75, 3.05) is 52.9 Å². The van der Waals surface area contributed by atoms with Gasteiger partial charge in [0.25, 0.3) is 0 Å². The smallest absolute Gasteiger partial charge is 0.107 e. The molecule has 0 bridgehead atoms. The minimum Gasteiger partial charge on any atom is -0.379 e. The summed E-state index contributed by atoms with van der Waals surface area (Å²) in [4.78, 5) is 0. The largest absolute Gasteiger partial charge is 0.379 e. The Bertz CT molecular complexity index is 314. The summed E-state index contributed by atoms with van der Waals surface area (Å²) < 4.78 is 21.5. The van der Waals surface area contributed by atoms with E-state index in [0.29, 0.717) is 46.2 Å². The van der Waals surface area contributed by atoms with Crippen molar-refractivity contribution in [2.45, 2.75) is 90.4 Å². The van der Waals surface area contributed by atoms with Gasteiger partial charge in [0.15, 0.2) is 0 Å². The average molecular weight is 399 g/mol. The summed E-state index contributed by atoms with van der Waals surface area (Å²) in [5.74, 6) is 2.42. The third kappa shape index (κ3) is 25.4. The topological polar surface area (TPSA) is 36.9 Å². The van der Waals surface area contributed by atoms with Crippen LogP contribution in [0.2, 0.25) is 0 Å². The molecule has 0 fully saturated rings. The highest BCUT2D eigenvalue weighted by Crippen LogP contribution is 2.12. The summed E-state index contributed by atoms with van der Waals surface area (Å²) in [6.07, 6.45) is 23.0. The van der Waals surface area contributed by atoms with E-state index in [2.05, 4.69) is 12.8 Å². The van der Waals surface area contributed by atoms with Crippen LogP contribution in [0.3, 0.4) is 0 Å². The number of ether oxygens (including phenoxy) is 4. The van der Waals surface area contributed by atoms with Crippen LogP contribution in [0.15, 0.2) is 0 Å². The molecule has 0 radical (unpaired) electrons. The van der Waals surface area contributed by atoms with Gasteiger partial charge >= 0.3 is 0 Å². The minimum absolute atomic E-state index is 0.344. The van der Waals surface area contributed by atoms with Crippen LogP contribution in [0.5, 0.6) is 0 Å². The van der Waals surface area contributed by atoms with Crippen LogP contribution in [-0.4, -0.2) is 52.9 Å². The van der Waals surface area contributed by atoms with Crippen LogP contribution in [-0.2, 0) is 18.9 Å². The lowest BCUT2D eigenvalue weighted by Crippen LogP contribution is -2.12. The molecule has 0 amide bonds. The predicted octanol–water partition coefficient (Wildman–Crippen LogP) is 5.78. The monoisotopic (exact) mass is 398 g/mol. The summed E-state index contributed by atoms with van der Waals surface area (Å²) in [7, 11) is 0. The SMILES string of the molecule is C#CCOCCOCCOCCOCCCCCCCCCCCCCCC. The van der Waals surface area contributed by atoms with Crippen LogP contribution in [0, 0.1) is 12.3 Å². The molecule has 0 heterocycles. The molecule has 4 heteroatoms. The van der Waals surface area contributed by atoms with E-state index in [1.54, 1.807) is 0 Å². The van der Waals surface area contributed by atoms with Crippen molar-refractivity contribution in [3.05, 3.63) is 0 Å². The molecule has 0 saturated heterocycles. The zero-order chi connectivity index (χ0) is 20.4. The molecular formula is C24H46O4. The molecule has 0 rings (SSSR count). The maximum atomic E-state index is 5.60. The average Bonchev–Trinajstić information content (AvgIpc) is 2.71. The van der Waals surface area contributed by atoms with Gasteiger partial charge in [0, 0.05) is 6.61 Å². The fourth-order valence-corrected chi connectivity index (χ4v) is 3.01. The van der Waals surface area contributed by atoms with E-state index in [1.807, 2.05) is 0 Å². The molecule has 0 aliphatic carbocycles. The summed E-state index contributed by atoms with van der Waals surface area (Å²) in [5, 5.41) is 0. The van der Waals surface area contributed by atoms with Gasteiger partial charge in [0.2, 0.25) is 0 Å². The second kappa shape index (κ2) is 26.4. The lowest BCUT2D eigenvalue weighted by atomic mass is 10.0. The second-order valence-electron chi connectivity index (χ2n) is 7.34. The van der Waals surface area contributed by atoms with Crippen molar-refractivity contribution >= 4 is 0 Å². The van der Waals surface area contributed by atoms with E-state index in [9.17, 15) is 0 Å². The van der Waals surface area contributed by atoms with Crippen molar-refractivity contribution in [3.8, 4) is 12.3 Å². The Morgan fingerprint density at radius 2 is 0.821 bits per heavy atom. The van der Waals surface area contributed by atoms with Crippen molar-refractivity contribution in [2.24, 2.45) is 0 Å². The molecule has 4 nitrogen and oxygen atoms in total. The van der Waals surface area contributed by atoms with Gasteiger partial charge in [0.05, 0.1) is 39.6 Å². The highest BCUT2D eigenvalue weighted by Gasteiger charge is 1.95.